The minimum Gasteiger partial charge on any atom is -0.463 e. The van der Waals surface area contributed by atoms with Crippen molar-refractivity contribution in [3.8, 4) is 0 Å². The number of nitrogens with zero attached hydrogens (tertiary/aromatic N) is 1. The summed E-state index contributed by atoms with van der Waals surface area (Å²) >= 11 is 0. The highest BCUT2D eigenvalue weighted by molar-refractivity contribution is 5.72. The lowest BCUT2D eigenvalue weighted by molar-refractivity contribution is -0.157. The molecule has 2 rings (SSSR count). The van der Waals surface area contributed by atoms with Gasteiger partial charge in [0.25, 0.3) is 0 Å². The summed E-state index contributed by atoms with van der Waals surface area (Å²) in [5.41, 5.74) is 0. The molecule has 0 aromatic heterocycles. The van der Waals surface area contributed by atoms with Crippen LogP contribution in [0.4, 0.5) is 0 Å². The maximum Gasteiger partial charge on any atom is 0.320 e. The number of aliphatic hydroxyl groups is 1. The molecule has 1 aliphatic carbocycles. The third-order valence-electron chi connectivity index (χ3n) is 3.23. The highest BCUT2D eigenvalue weighted by Gasteiger charge is 2.36. The maximum absolute atomic E-state index is 11.1. The Bertz CT molecular complexity index is 231. The van der Waals surface area contributed by atoms with Crippen molar-refractivity contribution in [3.05, 3.63) is 0 Å². The first-order chi connectivity index (χ1) is 6.68. The SMILES string of the molecule is CC1COC(=O)CN1C1CCCC1O. The standard InChI is InChI=1S/C10H17NO3/c1-7-6-14-10(13)5-11(7)8-3-2-4-9(8)12/h7-9,12H,2-6H2,1H3. The van der Waals surface area contributed by atoms with E-state index in [2.05, 4.69) is 4.90 Å². The van der Waals surface area contributed by atoms with Crippen LogP contribution >= 0.6 is 0 Å². The van der Waals surface area contributed by atoms with Crippen LogP contribution < -0.4 is 0 Å². The lowest BCUT2D eigenvalue weighted by atomic mass is 10.1. The number of carbonyl (C=O) groups excluding carboxylic acids is 1. The Labute approximate surface area is 83.8 Å². The molecule has 1 N–H and O–H groups in total. The number of rotatable bonds is 1. The number of esters is 1. The van der Waals surface area contributed by atoms with Gasteiger partial charge in [0.2, 0.25) is 0 Å². The summed E-state index contributed by atoms with van der Waals surface area (Å²) in [6, 6.07) is 0.406. The second-order valence-electron chi connectivity index (χ2n) is 4.27. The van der Waals surface area contributed by atoms with Crippen molar-refractivity contribution in [2.75, 3.05) is 13.2 Å². The number of morpholine rings is 1. The Morgan fingerprint density at radius 2 is 2.29 bits per heavy atom. The first-order valence-corrected chi connectivity index (χ1v) is 5.28. The zero-order valence-electron chi connectivity index (χ0n) is 8.48. The lowest BCUT2D eigenvalue weighted by Crippen LogP contribution is -2.53. The molecule has 4 nitrogen and oxygen atoms in total. The predicted octanol–water partition coefficient (Wildman–Crippen LogP) is 0.147. The average molecular weight is 199 g/mol. The summed E-state index contributed by atoms with van der Waals surface area (Å²) in [5.74, 6) is -0.165. The van der Waals surface area contributed by atoms with Gasteiger partial charge < -0.3 is 9.84 Å². The van der Waals surface area contributed by atoms with Crippen LogP contribution in [-0.4, -0.2) is 47.3 Å². The third-order valence-corrected chi connectivity index (χ3v) is 3.23. The van der Waals surface area contributed by atoms with E-state index in [9.17, 15) is 9.90 Å². The molecule has 0 bridgehead atoms. The molecular weight excluding hydrogens is 182 g/mol. The van der Waals surface area contributed by atoms with E-state index in [1.54, 1.807) is 0 Å². The van der Waals surface area contributed by atoms with Crippen LogP contribution in [0.25, 0.3) is 0 Å². The Kier molecular flexibility index (Phi) is 2.74. The fourth-order valence-corrected chi connectivity index (χ4v) is 2.41. The smallest absolute Gasteiger partial charge is 0.320 e. The van der Waals surface area contributed by atoms with Crippen molar-refractivity contribution in [1.82, 2.24) is 4.90 Å². The van der Waals surface area contributed by atoms with Crippen molar-refractivity contribution >= 4 is 5.97 Å². The number of hydrogen-bond donors (Lipinski definition) is 1. The van der Waals surface area contributed by atoms with Crippen LogP contribution in [0.3, 0.4) is 0 Å². The Morgan fingerprint density at radius 3 is 2.93 bits per heavy atom. The maximum atomic E-state index is 11.1. The molecule has 1 heterocycles. The van der Waals surface area contributed by atoms with E-state index in [1.807, 2.05) is 6.92 Å². The molecule has 4 heteroatoms. The minimum atomic E-state index is -0.261. The molecule has 0 amide bonds. The lowest BCUT2D eigenvalue weighted by Gasteiger charge is -2.38. The van der Waals surface area contributed by atoms with Gasteiger partial charge in [-0.1, -0.05) is 0 Å². The Hall–Kier alpha value is -0.610. The van der Waals surface area contributed by atoms with E-state index in [4.69, 9.17) is 4.74 Å². The Morgan fingerprint density at radius 1 is 1.50 bits per heavy atom. The molecule has 2 fully saturated rings. The number of aliphatic hydroxyl groups excluding tert-OH is 1. The summed E-state index contributed by atoms with van der Waals surface area (Å²) < 4.78 is 4.95. The zero-order chi connectivity index (χ0) is 10.1. The second-order valence-corrected chi connectivity index (χ2v) is 4.27. The van der Waals surface area contributed by atoms with Crippen LogP contribution in [-0.2, 0) is 9.53 Å². The van der Waals surface area contributed by atoms with E-state index in [0.717, 1.165) is 19.3 Å². The molecule has 80 valence electrons. The fourth-order valence-electron chi connectivity index (χ4n) is 2.41. The van der Waals surface area contributed by atoms with Gasteiger partial charge in [0.15, 0.2) is 0 Å². The van der Waals surface area contributed by atoms with Crippen LogP contribution in [0.2, 0.25) is 0 Å². The molecule has 3 unspecified atom stereocenters. The van der Waals surface area contributed by atoms with Crippen LogP contribution in [0.5, 0.6) is 0 Å². The number of ether oxygens (including phenoxy) is 1. The largest absolute Gasteiger partial charge is 0.463 e. The molecular formula is C10H17NO3. The predicted molar refractivity (Wildman–Crippen MR) is 50.8 cm³/mol. The first kappa shape index (κ1) is 9.93. The highest BCUT2D eigenvalue weighted by atomic mass is 16.5. The Balaban J connectivity index is 2.03. The molecule has 3 atom stereocenters. The second kappa shape index (κ2) is 3.87. The van der Waals surface area contributed by atoms with Crippen molar-refractivity contribution < 1.29 is 14.6 Å². The first-order valence-electron chi connectivity index (χ1n) is 5.28. The van der Waals surface area contributed by atoms with Gasteiger partial charge in [-0.05, 0) is 26.2 Å². The van der Waals surface area contributed by atoms with Gasteiger partial charge in [-0.15, -0.1) is 0 Å². The third kappa shape index (κ3) is 1.77. The van der Waals surface area contributed by atoms with Crippen LogP contribution in [0, 0.1) is 0 Å². The van der Waals surface area contributed by atoms with Crippen molar-refractivity contribution in [2.45, 2.75) is 44.4 Å². The molecule has 1 saturated heterocycles. The number of carbonyl (C=O) groups is 1. The molecule has 2 aliphatic rings. The summed E-state index contributed by atoms with van der Waals surface area (Å²) in [7, 11) is 0. The van der Waals surface area contributed by atoms with E-state index < -0.39 is 0 Å². The number of hydrogen-bond acceptors (Lipinski definition) is 4. The van der Waals surface area contributed by atoms with Gasteiger partial charge in [-0.3, -0.25) is 9.69 Å². The number of cyclic esters (lactones) is 1. The van der Waals surface area contributed by atoms with E-state index >= 15 is 0 Å². The summed E-state index contributed by atoms with van der Waals surface area (Å²) in [4.78, 5) is 13.2. The molecule has 0 aromatic carbocycles. The van der Waals surface area contributed by atoms with Gasteiger partial charge >= 0.3 is 5.97 Å². The van der Waals surface area contributed by atoms with Crippen molar-refractivity contribution in [3.63, 3.8) is 0 Å². The quantitative estimate of drug-likeness (QED) is 0.611. The topological polar surface area (TPSA) is 49.8 Å². The zero-order valence-corrected chi connectivity index (χ0v) is 8.48. The minimum absolute atomic E-state index is 0.165. The summed E-state index contributed by atoms with van der Waals surface area (Å²) in [6.45, 7) is 2.84. The van der Waals surface area contributed by atoms with Gasteiger partial charge in [-0.25, -0.2) is 0 Å². The van der Waals surface area contributed by atoms with E-state index in [-0.39, 0.29) is 24.2 Å². The molecule has 14 heavy (non-hydrogen) atoms. The molecule has 0 radical (unpaired) electrons. The fraction of sp³-hybridized carbons (Fsp3) is 0.900. The molecule has 0 spiro atoms. The van der Waals surface area contributed by atoms with E-state index in [1.165, 1.54) is 0 Å². The summed E-state index contributed by atoms with van der Waals surface area (Å²) in [5, 5.41) is 9.75. The van der Waals surface area contributed by atoms with Crippen molar-refractivity contribution in [2.24, 2.45) is 0 Å². The van der Waals surface area contributed by atoms with Crippen LogP contribution in [0.15, 0.2) is 0 Å². The van der Waals surface area contributed by atoms with Crippen LogP contribution in [0.1, 0.15) is 26.2 Å². The van der Waals surface area contributed by atoms with Gasteiger partial charge in [0, 0.05) is 12.1 Å². The van der Waals surface area contributed by atoms with Gasteiger partial charge in [0.05, 0.1) is 12.6 Å². The normalized spacial score (nSPS) is 39.9. The molecule has 1 saturated carbocycles. The van der Waals surface area contributed by atoms with Crippen molar-refractivity contribution in [1.29, 1.82) is 0 Å². The molecule has 0 aromatic rings. The van der Waals surface area contributed by atoms with Gasteiger partial charge in [0.1, 0.15) is 6.61 Å². The van der Waals surface area contributed by atoms with Gasteiger partial charge in [-0.2, -0.15) is 0 Å². The molecule has 1 aliphatic heterocycles. The van der Waals surface area contributed by atoms with E-state index in [0.29, 0.717) is 13.2 Å². The highest BCUT2D eigenvalue weighted by Crippen LogP contribution is 2.26. The summed E-state index contributed by atoms with van der Waals surface area (Å²) in [6.07, 6.45) is 2.66. The monoisotopic (exact) mass is 199 g/mol. The average Bonchev–Trinajstić information content (AvgIpc) is 2.56.